The molecule has 0 aliphatic carbocycles. The predicted octanol–water partition coefficient (Wildman–Crippen LogP) is 0.0208. The second-order valence-electron chi connectivity index (χ2n) is 2.59. The Labute approximate surface area is 70.7 Å². The quantitative estimate of drug-likeness (QED) is 0.590. The summed E-state index contributed by atoms with van der Waals surface area (Å²) >= 11 is 0. The van der Waals surface area contributed by atoms with Gasteiger partial charge in [0.05, 0.1) is 18.9 Å². The largest absolute Gasteiger partial charge is 0.481 e. The van der Waals surface area contributed by atoms with Crippen molar-refractivity contribution in [1.29, 1.82) is 0 Å². The van der Waals surface area contributed by atoms with Gasteiger partial charge in [0.25, 0.3) is 0 Å². The molecule has 0 aromatic carbocycles. The number of amides is 1. The topological polar surface area (TPSA) is 75.6 Å². The van der Waals surface area contributed by atoms with Gasteiger partial charge in [0.2, 0.25) is 5.91 Å². The minimum atomic E-state index is -0.992. The van der Waals surface area contributed by atoms with Crippen molar-refractivity contribution in [2.45, 2.75) is 13.8 Å². The van der Waals surface area contributed by atoms with E-state index < -0.39 is 23.7 Å². The Kier molecular flexibility index (Phi) is 4.28. The van der Waals surface area contributed by atoms with Gasteiger partial charge in [0.15, 0.2) is 0 Å². The Balaban J connectivity index is 4.09. The van der Waals surface area contributed by atoms with E-state index in [0.717, 1.165) is 0 Å². The SMILES string of the molecule is CONC(=O)C(C)C(C)C(=O)O. The number of carboxylic acid groups (broad SMARTS) is 1. The van der Waals surface area contributed by atoms with E-state index in [2.05, 4.69) is 10.3 Å². The van der Waals surface area contributed by atoms with E-state index in [0.29, 0.717) is 0 Å². The summed E-state index contributed by atoms with van der Waals surface area (Å²) in [6, 6.07) is 0. The number of hydrogen-bond acceptors (Lipinski definition) is 3. The molecule has 70 valence electrons. The summed E-state index contributed by atoms with van der Waals surface area (Å²) < 4.78 is 0. The third-order valence-corrected chi connectivity index (χ3v) is 1.76. The number of carboxylic acids is 1. The first-order chi connectivity index (χ1) is 5.50. The van der Waals surface area contributed by atoms with Crippen LogP contribution in [0.1, 0.15) is 13.8 Å². The maximum absolute atomic E-state index is 11.0. The summed E-state index contributed by atoms with van der Waals surface area (Å²) in [5.41, 5.74) is 2.08. The van der Waals surface area contributed by atoms with Gasteiger partial charge in [-0.2, -0.15) is 0 Å². The molecular formula is C7H13NO4. The van der Waals surface area contributed by atoms with Gasteiger partial charge < -0.3 is 5.11 Å². The predicted molar refractivity (Wildman–Crippen MR) is 41.1 cm³/mol. The highest BCUT2D eigenvalue weighted by Gasteiger charge is 2.25. The first kappa shape index (κ1) is 10.9. The van der Waals surface area contributed by atoms with Crippen LogP contribution < -0.4 is 5.48 Å². The van der Waals surface area contributed by atoms with Crippen molar-refractivity contribution in [2.24, 2.45) is 11.8 Å². The minimum absolute atomic E-state index is 0.424. The zero-order valence-electron chi connectivity index (χ0n) is 7.33. The summed E-state index contributed by atoms with van der Waals surface area (Å²) in [4.78, 5) is 25.8. The first-order valence-electron chi connectivity index (χ1n) is 3.56. The van der Waals surface area contributed by atoms with Crippen LogP contribution >= 0.6 is 0 Å². The van der Waals surface area contributed by atoms with Crippen LogP contribution in [0.3, 0.4) is 0 Å². The second-order valence-corrected chi connectivity index (χ2v) is 2.59. The first-order valence-corrected chi connectivity index (χ1v) is 3.56. The Bertz CT molecular complexity index is 180. The third-order valence-electron chi connectivity index (χ3n) is 1.76. The Morgan fingerprint density at radius 2 is 1.83 bits per heavy atom. The molecular weight excluding hydrogens is 162 g/mol. The molecule has 0 saturated heterocycles. The average Bonchev–Trinajstić information content (AvgIpc) is 2.02. The van der Waals surface area contributed by atoms with E-state index in [1.807, 2.05) is 0 Å². The summed E-state index contributed by atoms with van der Waals surface area (Å²) in [6.45, 7) is 3.01. The normalized spacial score (nSPS) is 14.9. The van der Waals surface area contributed by atoms with E-state index in [-0.39, 0.29) is 0 Å². The van der Waals surface area contributed by atoms with E-state index in [1.165, 1.54) is 21.0 Å². The molecule has 0 aliphatic rings. The monoisotopic (exact) mass is 175 g/mol. The van der Waals surface area contributed by atoms with Gasteiger partial charge in [-0.15, -0.1) is 0 Å². The van der Waals surface area contributed by atoms with Gasteiger partial charge in [-0.3, -0.25) is 14.4 Å². The van der Waals surface area contributed by atoms with E-state index >= 15 is 0 Å². The zero-order valence-corrected chi connectivity index (χ0v) is 7.33. The van der Waals surface area contributed by atoms with Crippen molar-refractivity contribution < 1.29 is 19.5 Å². The van der Waals surface area contributed by atoms with Crippen molar-refractivity contribution in [1.82, 2.24) is 5.48 Å². The summed E-state index contributed by atoms with van der Waals surface area (Å²) in [5, 5.41) is 8.55. The number of carbonyl (C=O) groups is 2. The van der Waals surface area contributed by atoms with Gasteiger partial charge in [0.1, 0.15) is 0 Å². The maximum atomic E-state index is 11.0. The van der Waals surface area contributed by atoms with E-state index in [4.69, 9.17) is 5.11 Å². The second kappa shape index (κ2) is 4.71. The Morgan fingerprint density at radius 1 is 1.33 bits per heavy atom. The lowest BCUT2D eigenvalue weighted by Gasteiger charge is -2.13. The van der Waals surface area contributed by atoms with E-state index in [9.17, 15) is 9.59 Å². The number of aliphatic carboxylic acids is 1. The molecule has 0 fully saturated rings. The van der Waals surface area contributed by atoms with Crippen molar-refractivity contribution in [2.75, 3.05) is 7.11 Å². The molecule has 2 N–H and O–H groups in total. The molecule has 0 bridgehead atoms. The molecule has 0 radical (unpaired) electrons. The van der Waals surface area contributed by atoms with Gasteiger partial charge in [0, 0.05) is 0 Å². The average molecular weight is 175 g/mol. The molecule has 1 amide bonds. The highest BCUT2D eigenvalue weighted by Crippen LogP contribution is 2.10. The number of nitrogens with one attached hydrogen (secondary N) is 1. The number of carbonyl (C=O) groups excluding carboxylic acids is 1. The van der Waals surface area contributed by atoms with Crippen LogP contribution in [0.5, 0.6) is 0 Å². The van der Waals surface area contributed by atoms with Gasteiger partial charge in [-0.25, -0.2) is 5.48 Å². The van der Waals surface area contributed by atoms with Crippen molar-refractivity contribution >= 4 is 11.9 Å². The van der Waals surface area contributed by atoms with Crippen LogP contribution in [0.25, 0.3) is 0 Å². The molecule has 5 nitrogen and oxygen atoms in total. The summed E-state index contributed by atoms with van der Waals surface area (Å²) in [5.74, 6) is -2.72. The fraction of sp³-hybridized carbons (Fsp3) is 0.714. The molecule has 2 atom stereocenters. The highest BCUT2D eigenvalue weighted by molar-refractivity contribution is 5.83. The summed E-state index contributed by atoms with van der Waals surface area (Å²) in [6.07, 6.45) is 0. The molecule has 5 heteroatoms. The van der Waals surface area contributed by atoms with Crippen LogP contribution in [0.4, 0.5) is 0 Å². The standard InChI is InChI=1S/C7H13NO4/c1-4(5(2)7(10)11)6(9)8-12-3/h4-5H,1-3H3,(H,8,9)(H,10,11). The molecule has 0 saturated carbocycles. The minimum Gasteiger partial charge on any atom is -0.481 e. The molecule has 2 unspecified atom stereocenters. The van der Waals surface area contributed by atoms with Crippen molar-refractivity contribution in [3.05, 3.63) is 0 Å². The van der Waals surface area contributed by atoms with Gasteiger partial charge in [-0.05, 0) is 0 Å². The number of hydroxylamine groups is 1. The molecule has 0 spiro atoms. The third kappa shape index (κ3) is 2.87. The van der Waals surface area contributed by atoms with Crippen LogP contribution in [-0.2, 0) is 14.4 Å². The van der Waals surface area contributed by atoms with Gasteiger partial charge in [-0.1, -0.05) is 13.8 Å². The lowest BCUT2D eigenvalue weighted by molar-refractivity contribution is -0.148. The fourth-order valence-corrected chi connectivity index (χ4v) is 0.634. The molecule has 0 aromatic heterocycles. The maximum Gasteiger partial charge on any atom is 0.307 e. The van der Waals surface area contributed by atoms with Crippen molar-refractivity contribution in [3.8, 4) is 0 Å². The van der Waals surface area contributed by atoms with Crippen molar-refractivity contribution in [3.63, 3.8) is 0 Å². The smallest absolute Gasteiger partial charge is 0.307 e. The molecule has 0 aromatic rings. The lowest BCUT2D eigenvalue weighted by atomic mass is 9.96. The lowest BCUT2D eigenvalue weighted by Crippen LogP contribution is -2.34. The molecule has 0 heterocycles. The number of hydrogen-bond donors (Lipinski definition) is 2. The van der Waals surface area contributed by atoms with Crippen LogP contribution in [0.15, 0.2) is 0 Å². The fourth-order valence-electron chi connectivity index (χ4n) is 0.634. The zero-order chi connectivity index (χ0) is 9.72. The van der Waals surface area contributed by atoms with Gasteiger partial charge >= 0.3 is 5.97 Å². The van der Waals surface area contributed by atoms with Crippen LogP contribution in [0, 0.1) is 11.8 Å². The molecule has 0 rings (SSSR count). The molecule has 0 aliphatic heterocycles. The van der Waals surface area contributed by atoms with E-state index in [1.54, 1.807) is 0 Å². The van der Waals surface area contributed by atoms with Crippen LogP contribution in [0.2, 0.25) is 0 Å². The highest BCUT2D eigenvalue weighted by atomic mass is 16.6. The summed E-state index contributed by atoms with van der Waals surface area (Å²) in [7, 11) is 1.30. The van der Waals surface area contributed by atoms with Crippen LogP contribution in [-0.4, -0.2) is 24.1 Å². The molecule has 12 heavy (non-hydrogen) atoms. The number of rotatable bonds is 4. The Hall–Kier alpha value is -1.10. The Morgan fingerprint density at radius 3 is 2.17 bits per heavy atom.